The first-order valence-electron chi connectivity index (χ1n) is 4.74. The van der Waals surface area contributed by atoms with Crippen molar-refractivity contribution in [2.24, 2.45) is 0 Å². The highest BCUT2D eigenvalue weighted by Gasteiger charge is 2.13. The molecule has 3 N–H and O–H groups in total. The summed E-state index contributed by atoms with van der Waals surface area (Å²) in [5, 5.41) is 1.93. The van der Waals surface area contributed by atoms with Gasteiger partial charge < -0.3 is 5.73 Å². The zero-order chi connectivity index (χ0) is 11.7. The van der Waals surface area contributed by atoms with E-state index in [4.69, 9.17) is 5.73 Å². The van der Waals surface area contributed by atoms with Crippen molar-refractivity contribution in [3.63, 3.8) is 0 Å². The first kappa shape index (κ1) is 10.7. The molecule has 6 heteroatoms. The van der Waals surface area contributed by atoms with E-state index in [0.717, 1.165) is 4.88 Å². The van der Waals surface area contributed by atoms with Crippen molar-refractivity contribution in [3.8, 4) is 0 Å². The van der Waals surface area contributed by atoms with Gasteiger partial charge in [-0.3, -0.25) is 14.3 Å². The van der Waals surface area contributed by atoms with E-state index in [1.165, 1.54) is 10.6 Å². The van der Waals surface area contributed by atoms with E-state index in [-0.39, 0.29) is 11.9 Å². The van der Waals surface area contributed by atoms with E-state index in [2.05, 4.69) is 4.98 Å². The average Bonchev–Trinajstić information content (AvgIpc) is 2.67. The van der Waals surface area contributed by atoms with Gasteiger partial charge in [0.15, 0.2) is 0 Å². The number of thiophene rings is 1. The fraction of sp³-hybridized carbons (Fsp3) is 0.200. The van der Waals surface area contributed by atoms with Crippen molar-refractivity contribution in [2.75, 3.05) is 5.73 Å². The standard InChI is InChI=1S/C10H11N3O2S/c1-6(7-3-2-4-16-7)13-8(11)5-9(14)12-10(13)15/h2-6H,11H2,1H3,(H,12,14,15). The first-order valence-corrected chi connectivity index (χ1v) is 5.62. The molecule has 0 fully saturated rings. The van der Waals surface area contributed by atoms with Crippen LogP contribution in [0, 0.1) is 0 Å². The second-order valence-electron chi connectivity index (χ2n) is 3.43. The van der Waals surface area contributed by atoms with Gasteiger partial charge in [-0.25, -0.2) is 4.79 Å². The Balaban J connectivity index is 2.57. The summed E-state index contributed by atoms with van der Waals surface area (Å²) in [6.07, 6.45) is 0. The largest absolute Gasteiger partial charge is 0.385 e. The topological polar surface area (TPSA) is 80.9 Å². The van der Waals surface area contributed by atoms with Gasteiger partial charge >= 0.3 is 5.69 Å². The molecular formula is C10H11N3O2S. The number of H-pyrrole nitrogens is 1. The number of aromatic amines is 1. The maximum Gasteiger partial charge on any atom is 0.330 e. The molecule has 0 aromatic carbocycles. The predicted molar refractivity (Wildman–Crippen MR) is 63.9 cm³/mol. The summed E-state index contributed by atoms with van der Waals surface area (Å²) in [6, 6.07) is 4.87. The third kappa shape index (κ3) is 1.79. The fourth-order valence-corrected chi connectivity index (χ4v) is 2.35. The van der Waals surface area contributed by atoms with Gasteiger partial charge in [0.1, 0.15) is 5.82 Å². The number of nitrogen functional groups attached to an aromatic ring is 1. The summed E-state index contributed by atoms with van der Waals surface area (Å²) in [4.78, 5) is 25.9. The van der Waals surface area contributed by atoms with Crippen molar-refractivity contribution in [1.29, 1.82) is 0 Å². The molecule has 1 atom stereocenters. The van der Waals surface area contributed by atoms with Crippen LogP contribution in [0.2, 0.25) is 0 Å². The highest BCUT2D eigenvalue weighted by molar-refractivity contribution is 7.10. The zero-order valence-corrected chi connectivity index (χ0v) is 9.45. The molecule has 0 amide bonds. The second-order valence-corrected chi connectivity index (χ2v) is 4.40. The summed E-state index contributed by atoms with van der Waals surface area (Å²) in [6.45, 7) is 1.86. The van der Waals surface area contributed by atoms with Gasteiger partial charge in [0.25, 0.3) is 5.56 Å². The average molecular weight is 237 g/mol. The lowest BCUT2D eigenvalue weighted by Crippen LogP contribution is -2.33. The molecule has 84 valence electrons. The number of hydrogen-bond acceptors (Lipinski definition) is 4. The van der Waals surface area contributed by atoms with Crippen LogP contribution in [-0.4, -0.2) is 9.55 Å². The van der Waals surface area contributed by atoms with E-state index in [9.17, 15) is 9.59 Å². The SMILES string of the molecule is CC(c1cccs1)n1c(N)cc(=O)[nH]c1=O. The first-order chi connectivity index (χ1) is 7.59. The predicted octanol–water partition coefficient (Wildman–Crippen LogP) is 0.790. The second kappa shape index (κ2) is 3.97. The number of anilines is 1. The molecule has 2 rings (SSSR count). The third-order valence-corrected chi connectivity index (χ3v) is 3.39. The maximum absolute atomic E-state index is 11.6. The van der Waals surface area contributed by atoms with E-state index >= 15 is 0 Å². The van der Waals surface area contributed by atoms with Gasteiger partial charge in [-0.1, -0.05) is 6.07 Å². The van der Waals surface area contributed by atoms with E-state index < -0.39 is 11.2 Å². The molecule has 0 aliphatic rings. The zero-order valence-electron chi connectivity index (χ0n) is 8.64. The lowest BCUT2D eigenvalue weighted by molar-refractivity contribution is 0.613. The minimum atomic E-state index is -0.481. The van der Waals surface area contributed by atoms with Gasteiger partial charge in [-0.15, -0.1) is 11.3 Å². The molecule has 0 aliphatic heterocycles. The summed E-state index contributed by atoms with van der Waals surface area (Å²) in [5.74, 6) is 0.176. The van der Waals surface area contributed by atoms with Crippen molar-refractivity contribution < 1.29 is 0 Å². The molecule has 0 saturated carbocycles. The van der Waals surface area contributed by atoms with Crippen molar-refractivity contribution in [3.05, 3.63) is 49.3 Å². The van der Waals surface area contributed by atoms with Gasteiger partial charge in [0.2, 0.25) is 0 Å². The molecule has 1 unspecified atom stereocenters. The molecule has 0 spiro atoms. The molecule has 5 nitrogen and oxygen atoms in total. The summed E-state index contributed by atoms with van der Waals surface area (Å²) in [5.41, 5.74) is 4.72. The van der Waals surface area contributed by atoms with Crippen molar-refractivity contribution >= 4 is 17.2 Å². The lowest BCUT2D eigenvalue weighted by Gasteiger charge is -2.15. The summed E-state index contributed by atoms with van der Waals surface area (Å²) >= 11 is 1.54. The van der Waals surface area contributed by atoms with Crippen LogP contribution in [0.25, 0.3) is 0 Å². The minimum Gasteiger partial charge on any atom is -0.385 e. The van der Waals surface area contributed by atoms with Crippen LogP contribution in [0.3, 0.4) is 0 Å². The van der Waals surface area contributed by atoms with Gasteiger partial charge in [-0.05, 0) is 18.4 Å². The van der Waals surface area contributed by atoms with Crippen LogP contribution in [-0.2, 0) is 0 Å². The van der Waals surface area contributed by atoms with Crippen molar-refractivity contribution in [1.82, 2.24) is 9.55 Å². The number of rotatable bonds is 2. The molecule has 2 aromatic heterocycles. The number of nitrogens with two attached hydrogens (primary N) is 1. The highest BCUT2D eigenvalue weighted by Crippen LogP contribution is 2.22. The minimum absolute atomic E-state index is 0.176. The Morgan fingerprint density at radius 1 is 1.50 bits per heavy atom. The monoisotopic (exact) mass is 237 g/mol. The molecule has 0 radical (unpaired) electrons. The van der Waals surface area contributed by atoms with Gasteiger partial charge in [0, 0.05) is 10.9 Å². The quantitative estimate of drug-likeness (QED) is 0.810. The smallest absolute Gasteiger partial charge is 0.330 e. The van der Waals surface area contributed by atoms with Crippen LogP contribution >= 0.6 is 11.3 Å². The Morgan fingerprint density at radius 3 is 2.81 bits per heavy atom. The molecule has 0 bridgehead atoms. The van der Waals surface area contributed by atoms with Crippen molar-refractivity contribution in [2.45, 2.75) is 13.0 Å². The normalized spacial score (nSPS) is 12.6. The third-order valence-electron chi connectivity index (χ3n) is 2.35. The maximum atomic E-state index is 11.6. The van der Waals surface area contributed by atoms with Crippen LogP contribution in [0.15, 0.2) is 33.2 Å². The number of nitrogens with one attached hydrogen (secondary N) is 1. The Labute approximate surface area is 95.2 Å². The van der Waals surface area contributed by atoms with E-state index in [1.807, 2.05) is 24.4 Å². The summed E-state index contributed by atoms with van der Waals surface area (Å²) in [7, 11) is 0. The molecule has 0 aliphatic carbocycles. The highest BCUT2D eigenvalue weighted by atomic mass is 32.1. The van der Waals surface area contributed by atoms with E-state index in [1.54, 1.807) is 11.3 Å². The number of nitrogens with zero attached hydrogens (tertiary/aromatic N) is 1. The van der Waals surface area contributed by atoms with E-state index in [0.29, 0.717) is 0 Å². The van der Waals surface area contributed by atoms with Crippen LogP contribution < -0.4 is 17.0 Å². The van der Waals surface area contributed by atoms with Gasteiger partial charge in [0.05, 0.1) is 6.04 Å². The van der Waals surface area contributed by atoms with Gasteiger partial charge in [-0.2, -0.15) is 0 Å². The summed E-state index contributed by atoms with van der Waals surface area (Å²) < 4.78 is 1.37. The molecule has 2 aromatic rings. The molecule has 2 heterocycles. The Morgan fingerprint density at radius 2 is 2.25 bits per heavy atom. The Hall–Kier alpha value is -1.82. The van der Waals surface area contributed by atoms with Crippen LogP contribution in [0.5, 0.6) is 0 Å². The van der Waals surface area contributed by atoms with Crippen LogP contribution in [0.1, 0.15) is 17.8 Å². The molecule has 0 saturated heterocycles. The molecular weight excluding hydrogens is 226 g/mol. The van der Waals surface area contributed by atoms with Crippen LogP contribution in [0.4, 0.5) is 5.82 Å². The number of aromatic nitrogens is 2. The Kier molecular flexibility index (Phi) is 2.66. The number of hydrogen-bond donors (Lipinski definition) is 2. The molecule has 16 heavy (non-hydrogen) atoms. The fourth-order valence-electron chi connectivity index (χ4n) is 1.58. The Bertz CT molecular complexity index is 597. The lowest BCUT2D eigenvalue weighted by atomic mass is 10.2.